The van der Waals surface area contributed by atoms with Crippen molar-refractivity contribution in [3.8, 4) is 5.75 Å². The summed E-state index contributed by atoms with van der Waals surface area (Å²) in [7, 11) is 0. The lowest BCUT2D eigenvalue weighted by atomic mass is 10.0. The maximum Gasteiger partial charge on any atom is 0.294 e. The van der Waals surface area contributed by atoms with Crippen LogP contribution in [-0.2, 0) is 9.63 Å². The molecule has 1 aromatic carbocycles. The van der Waals surface area contributed by atoms with Crippen molar-refractivity contribution in [2.75, 3.05) is 26.3 Å². The number of nitrogens with zero attached hydrogens (tertiary/aromatic N) is 1. The first-order chi connectivity index (χ1) is 13.1. The molecule has 1 unspecified atom stereocenters. The van der Waals surface area contributed by atoms with Crippen LogP contribution in [0.3, 0.4) is 0 Å². The molecule has 1 amide bonds. The topological polar surface area (TPSA) is 123 Å². The van der Waals surface area contributed by atoms with Gasteiger partial charge >= 0.3 is 0 Å². The first-order valence-corrected chi connectivity index (χ1v) is 9.31. The number of amides is 1. The molecule has 0 heterocycles. The molecular weight excluding hydrogens is 366 g/mol. The third kappa shape index (κ3) is 8.53. The van der Waals surface area contributed by atoms with Crippen LogP contribution in [-0.4, -0.2) is 54.0 Å². The van der Waals surface area contributed by atoms with E-state index in [2.05, 4.69) is 15.5 Å². The average Bonchev–Trinajstić information content (AvgIpc) is 2.63. The van der Waals surface area contributed by atoms with E-state index < -0.39 is 16.7 Å². The Bertz CT molecular complexity index is 651. The van der Waals surface area contributed by atoms with E-state index in [0.717, 1.165) is 16.9 Å². The molecule has 0 aliphatic rings. The van der Waals surface area contributed by atoms with Crippen molar-refractivity contribution >= 4 is 5.91 Å². The van der Waals surface area contributed by atoms with Gasteiger partial charge in [0.15, 0.2) is 0 Å². The van der Waals surface area contributed by atoms with Crippen LogP contribution in [0.2, 0.25) is 0 Å². The standard InChI is InChI=1S/C19H31N3O6/c1-14-8-7-9-17(15(14)2)27-13-16(23)12-21-19(3,4)18(24)20-10-5-6-11-28-22(25)26/h7-9,16,21,23H,5-6,10-13H2,1-4H3,(H,20,24). The normalized spacial score (nSPS) is 12.3. The number of carbonyl (C=O) groups excluding carboxylic acids is 1. The molecule has 0 saturated heterocycles. The largest absolute Gasteiger partial charge is 0.491 e. The van der Waals surface area contributed by atoms with Gasteiger partial charge in [0.1, 0.15) is 18.5 Å². The second-order valence-corrected chi connectivity index (χ2v) is 7.19. The molecule has 0 fully saturated rings. The molecule has 1 aromatic rings. The summed E-state index contributed by atoms with van der Waals surface area (Å²) in [4.78, 5) is 26.5. The summed E-state index contributed by atoms with van der Waals surface area (Å²) >= 11 is 0. The Morgan fingerprint density at radius 1 is 1.32 bits per heavy atom. The van der Waals surface area contributed by atoms with Crippen LogP contribution >= 0.6 is 0 Å². The molecule has 1 rings (SSSR count). The second kappa shape index (κ2) is 11.5. The van der Waals surface area contributed by atoms with E-state index in [1.165, 1.54) is 0 Å². The molecule has 158 valence electrons. The Hall–Kier alpha value is -2.39. The monoisotopic (exact) mass is 397 g/mol. The Kier molecular flexibility index (Phi) is 9.67. The van der Waals surface area contributed by atoms with Gasteiger partial charge in [0.2, 0.25) is 5.91 Å². The van der Waals surface area contributed by atoms with Crippen LogP contribution in [0.5, 0.6) is 5.75 Å². The predicted octanol–water partition coefficient (Wildman–Crippen LogP) is 1.52. The molecule has 0 aromatic heterocycles. The van der Waals surface area contributed by atoms with Gasteiger partial charge in [-0.3, -0.25) is 4.79 Å². The Morgan fingerprint density at radius 2 is 2.04 bits per heavy atom. The Labute approximate surface area is 165 Å². The van der Waals surface area contributed by atoms with Crippen molar-refractivity contribution in [2.45, 2.75) is 52.2 Å². The third-order valence-corrected chi connectivity index (χ3v) is 4.39. The maximum atomic E-state index is 12.3. The van der Waals surface area contributed by atoms with E-state index in [9.17, 15) is 20.0 Å². The highest BCUT2D eigenvalue weighted by Crippen LogP contribution is 2.20. The van der Waals surface area contributed by atoms with Crippen molar-refractivity contribution in [3.63, 3.8) is 0 Å². The average molecular weight is 397 g/mol. The SMILES string of the molecule is Cc1cccc(OCC(O)CNC(C)(C)C(=O)NCCCCO[N+](=O)[O-])c1C. The third-order valence-electron chi connectivity index (χ3n) is 4.39. The van der Waals surface area contributed by atoms with Crippen molar-refractivity contribution < 1.29 is 24.6 Å². The zero-order valence-corrected chi connectivity index (χ0v) is 17.0. The number of unbranched alkanes of at least 4 members (excludes halogenated alkanes) is 1. The van der Waals surface area contributed by atoms with Crippen LogP contribution in [0.25, 0.3) is 0 Å². The number of hydrogen-bond donors (Lipinski definition) is 3. The molecule has 3 N–H and O–H groups in total. The van der Waals surface area contributed by atoms with Crippen LogP contribution in [0, 0.1) is 24.0 Å². The molecule has 9 nitrogen and oxygen atoms in total. The molecule has 0 saturated carbocycles. The number of ether oxygens (including phenoxy) is 1. The molecule has 0 aliphatic heterocycles. The van der Waals surface area contributed by atoms with E-state index in [1.807, 2.05) is 32.0 Å². The molecule has 0 spiro atoms. The quantitative estimate of drug-likeness (QED) is 0.262. The highest BCUT2D eigenvalue weighted by atomic mass is 16.9. The van der Waals surface area contributed by atoms with Crippen LogP contribution in [0.1, 0.15) is 37.8 Å². The van der Waals surface area contributed by atoms with Crippen molar-refractivity contribution in [2.24, 2.45) is 0 Å². The summed E-state index contributed by atoms with van der Waals surface area (Å²) in [6.07, 6.45) is 0.275. The van der Waals surface area contributed by atoms with Gasteiger partial charge in [0, 0.05) is 13.1 Å². The Morgan fingerprint density at radius 3 is 2.71 bits per heavy atom. The van der Waals surface area contributed by atoms with Gasteiger partial charge in [0.05, 0.1) is 12.1 Å². The summed E-state index contributed by atoms with van der Waals surface area (Å²) in [6.45, 7) is 8.11. The zero-order chi connectivity index (χ0) is 21.2. The zero-order valence-electron chi connectivity index (χ0n) is 17.0. The van der Waals surface area contributed by atoms with E-state index in [-0.39, 0.29) is 25.7 Å². The van der Waals surface area contributed by atoms with Crippen LogP contribution in [0.15, 0.2) is 18.2 Å². The van der Waals surface area contributed by atoms with Gasteiger partial charge in [-0.25, -0.2) is 0 Å². The number of carbonyl (C=O) groups is 1. The van der Waals surface area contributed by atoms with Crippen molar-refractivity contribution in [1.82, 2.24) is 10.6 Å². The van der Waals surface area contributed by atoms with Gasteiger partial charge < -0.3 is 25.3 Å². The fraction of sp³-hybridized carbons (Fsp3) is 0.632. The lowest BCUT2D eigenvalue weighted by Crippen LogP contribution is -2.55. The number of β-amino-alcohol motifs (C(OH)–C–C–N with tert-alkyl or cyclic N) is 1. The Balaban J connectivity index is 2.29. The maximum absolute atomic E-state index is 12.3. The van der Waals surface area contributed by atoms with Crippen LogP contribution in [0.4, 0.5) is 0 Å². The van der Waals surface area contributed by atoms with Crippen molar-refractivity contribution in [3.05, 3.63) is 39.4 Å². The van der Waals surface area contributed by atoms with Gasteiger partial charge in [-0.1, -0.05) is 12.1 Å². The smallest absolute Gasteiger partial charge is 0.294 e. The number of benzene rings is 1. The number of rotatable bonds is 13. The summed E-state index contributed by atoms with van der Waals surface area (Å²) in [5.74, 6) is 0.516. The highest BCUT2D eigenvalue weighted by Gasteiger charge is 2.27. The minimum Gasteiger partial charge on any atom is -0.491 e. The first kappa shape index (κ1) is 23.6. The molecule has 1 atom stereocenters. The van der Waals surface area contributed by atoms with Gasteiger partial charge in [-0.2, -0.15) is 0 Å². The van der Waals surface area contributed by atoms with Crippen LogP contribution < -0.4 is 15.4 Å². The van der Waals surface area contributed by atoms with E-state index in [4.69, 9.17) is 4.74 Å². The molecule has 9 heteroatoms. The highest BCUT2D eigenvalue weighted by molar-refractivity contribution is 5.85. The first-order valence-electron chi connectivity index (χ1n) is 9.31. The minimum atomic E-state index is -0.877. The minimum absolute atomic E-state index is 0.0110. The summed E-state index contributed by atoms with van der Waals surface area (Å²) in [5.41, 5.74) is 1.27. The second-order valence-electron chi connectivity index (χ2n) is 7.19. The van der Waals surface area contributed by atoms with E-state index in [1.54, 1.807) is 13.8 Å². The van der Waals surface area contributed by atoms with E-state index in [0.29, 0.717) is 19.4 Å². The van der Waals surface area contributed by atoms with Gasteiger partial charge in [-0.15, -0.1) is 10.1 Å². The number of aliphatic hydroxyl groups is 1. The molecule has 0 radical (unpaired) electrons. The molecule has 0 aliphatic carbocycles. The number of aliphatic hydroxyl groups excluding tert-OH is 1. The lowest BCUT2D eigenvalue weighted by molar-refractivity contribution is -0.757. The lowest BCUT2D eigenvalue weighted by Gasteiger charge is -2.26. The molecule has 0 bridgehead atoms. The fourth-order valence-corrected chi connectivity index (χ4v) is 2.37. The molecule has 28 heavy (non-hydrogen) atoms. The number of aryl methyl sites for hydroxylation is 1. The summed E-state index contributed by atoms with van der Waals surface area (Å²) in [6, 6.07) is 5.76. The van der Waals surface area contributed by atoms with Gasteiger partial charge in [-0.05, 0) is 57.7 Å². The van der Waals surface area contributed by atoms with E-state index >= 15 is 0 Å². The fourth-order valence-electron chi connectivity index (χ4n) is 2.37. The molecular formula is C19H31N3O6. The number of hydrogen-bond acceptors (Lipinski definition) is 7. The predicted molar refractivity (Wildman–Crippen MR) is 105 cm³/mol. The van der Waals surface area contributed by atoms with Crippen molar-refractivity contribution in [1.29, 1.82) is 0 Å². The summed E-state index contributed by atoms with van der Waals surface area (Å²) < 4.78 is 5.67. The summed E-state index contributed by atoms with van der Waals surface area (Å²) in [5, 5.41) is 25.1. The number of nitrogens with one attached hydrogen (secondary N) is 2. The van der Waals surface area contributed by atoms with Gasteiger partial charge in [0.25, 0.3) is 5.09 Å².